The predicted octanol–water partition coefficient (Wildman–Crippen LogP) is 4.11. The molecular weight excluding hydrogens is 413 g/mol. The average Bonchev–Trinajstić information content (AvgIpc) is 2.75. The van der Waals surface area contributed by atoms with Gasteiger partial charge in [-0.15, -0.1) is 0 Å². The highest BCUT2D eigenvalue weighted by Gasteiger charge is 2.16. The lowest BCUT2D eigenvalue weighted by molar-refractivity contribution is -0.124. The van der Waals surface area contributed by atoms with Crippen LogP contribution in [0.1, 0.15) is 21.6 Å². The van der Waals surface area contributed by atoms with Crippen molar-refractivity contribution in [2.45, 2.75) is 0 Å². The monoisotopic (exact) mass is 427 g/mol. The number of hydrogen-bond donors (Lipinski definition) is 1. The number of carbonyl (C=O) groups is 2. The Morgan fingerprint density at radius 3 is 2.07 bits per heavy atom. The fourth-order valence-corrected chi connectivity index (χ4v) is 2.73. The van der Waals surface area contributed by atoms with Crippen molar-refractivity contribution in [2.24, 2.45) is 5.10 Å². The summed E-state index contributed by atoms with van der Waals surface area (Å²) in [5.74, 6) is -1.47. The molecule has 0 aliphatic heterocycles. The van der Waals surface area contributed by atoms with Crippen LogP contribution in [-0.4, -0.2) is 29.2 Å². The van der Waals surface area contributed by atoms with E-state index in [1.54, 1.807) is 0 Å². The first-order chi connectivity index (χ1) is 14.0. The lowest BCUT2D eigenvalue weighted by atomic mass is 10.0. The van der Waals surface area contributed by atoms with E-state index in [0.29, 0.717) is 5.71 Å². The van der Waals surface area contributed by atoms with Gasteiger partial charge in [0.2, 0.25) is 0 Å². The first-order valence-electron chi connectivity index (χ1n) is 8.51. The molecule has 0 atom stereocenters. The van der Waals surface area contributed by atoms with Crippen LogP contribution in [0.5, 0.6) is 0 Å². The molecule has 0 unspecified atom stereocenters. The van der Waals surface area contributed by atoms with Crippen molar-refractivity contribution >= 4 is 40.8 Å². The first kappa shape index (κ1) is 20.5. The van der Waals surface area contributed by atoms with Gasteiger partial charge in [-0.1, -0.05) is 83.9 Å². The summed E-state index contributed by atoms with van der Waals surface area (Å²) in [7, 11) is 0. The molecule has 1 amide bonds. The Morgan fingerprint density at radius 1 is 0.897 bits per heavy atom. The number of hydrazone groups is 1. The average molecular weight is 428 g/mol. The van der Waals surface area contributed by atoms with Gasteiger partial charge in [0.15, 0.2) is 12.3 Å². The minimum absolute atomic E-state index is 0.0771. The van der Waals surface area contributed by atoms with Crippen LogP contribution in [0.25, 0.3) is 0 Å². The molecule has 0 bridgehead atoms. The van der Waals surface area contributed by atoms with Crippen molar-refractivity contribution in [3.05, 3.63) is 99.8 Å². The van der Waals surface area contributed by atoms with Gasteiger partial charge in [0, 0.05) is 11.1 Å². The van der Waals surface area contributed by atoms with E-state index in [-0.39, 0.29) is 15.9 Å². The van der Waals surface area contributed by atoms with Gasteiger partial charge in [-0.25, -0.2) is 15.2 Å². The highest BCUT2D eigenvalue weighted by atomic mass is 35.5. The summed E-state index contributed by atoms with van der Waals surface area (Å²) in [5.41, 5.74) is 4.47. The molecule has 3 aromatic rings. The third kappa shape index (κ3) is 5.63. The van der Waals surface area contributed by atoms with Crippen LogP contribution in [0.3, 0.4) is 0 Å². The largest absolute Gasteiger partial charge is 0.451 e. The van der Waals surface area contributed by atoms with E-state index in [2.05, 4.69) is 15.5 Å². The molecule has 2 aromatic carbocycles. The van der Waals surface area contributed by atoms with Gasteiger partial charge in [-0.3, -0.25) is 4.79 Å². The number of amides is 1. The number of hydrogen-bond acceptors (Lipinski definition) is 5. The van der Waals surface area contributed by atoms with Gasteiger partial charge >= 0.3 is 5.97 Å². The molecule has 1 heterocycles. The summed E-state index contributed by atoms with van der Waals surface area (Å²) >= 11 is 11.7. The van der Waals surface area contributed by atoms with Crippen molar-refractivity contribution in [1.82, 2.24) is 10.4 Å². The number of aromatic nitrogens is 1. The van der Waals surface area contributed by atoms with Gasteiger partial charge in [0.05, 0.1) is 10.7 Å². The van der Waals surface area contributed by atoms with Crippen molar-refractivity contribution in [2.75, 3.05) is 6.61 Å². The van der Waals surface area contributed by atoms with Crippen LogP contribution < -0.4 is 5.43 Å². The summed E-state index contributed by atoms with van der Waals surface area (Å²) in [5, 5.41) is 4.38. The molecule has 8 heteroatoms. The minimum Gasteiger partial charge on any atom is -0.451 e. The lowest BCUT2D eigenvalue weighted by Crippen LogP contribution is -2.26. The van der Waals surface area contributed by atoms with E-state index in [0.717, 1.165) is 11.1 Å². The second-order valence-electron chi connectivity index (χ2n) is 5.77. The molecule has 3 rings (SSSR count). The Morgan fingerprint density at radius 2 is 1.48 bits per heavy atom. The Balaban J connectivity index is 1.69. The number of nitrogens with zero attached hydrogens (tertiary/aromatic N) is 2. The van der Waals surface area contributed by atoms with E-state index in [9.17, 15) is 9.59 Å². The molecular formula is C21H15Cl2N3O3. The summed E-state index contributed by atoms with van der Waals surface area (Å²) in [6.07, 6.45) is 0. The topological polar surface area (TPSA) is 80.7 Å². The van der Waals surface area contributed by atoms with Crippen LogP contribution in [0.4, 0.5) is 0 Å². The molecule has 1 aromatic heterocycles. The zero-order chi connectivity index (χ0) is 20.6. The number of ether oxygens (including phenoxy) is 1. The van der Waals surface area contributed by atoms with Gasteiger partial charge in [0.1, 0.15) is 5.15 Å². The molecule has 0 saturated heterocycles. The maximum absolute atomic E-state index is 12.1. The van der Waals surface area contributed by atoms with Gasteiger partial charge in [0.25, 0.3) is 5.91 Å². The lowest BCUT2D eigenvalue weighted by Gasteiger charge is -2.08. The van der Waals surface area contributed by atoms with E-state index in [4.69, 9.17) is 27.9 Å². The molecule has 0 radical (unpaired) electrons. The van der Waals surface area contributed by atoms with Gasteiger partial charge < -0.3 is 4.74 Å². The molecule has 0 fully saturated rings. The predicted molar refractivity (Wildman–Crippen MR) is 111 cm³/mol. The third-order valence-electron chi connectivity index (χ3n) is 3.73. The van der Waals surface area contributed by atoms with Crippen LogP contribution in [0, 0.1) is 0 Å². The highest BCUT2D eigenvalue weighted by molar-refractivity contribution is 6.34. The van der Waals surface area contributed by atoms with E-state index >= 15 is 0 Å². The zero-order valence-electron chi connectivity index (χ0n) is 15.0. The maximum atomic E-state index is 12.1. The SMILES string of the molecule is O=C(COC(=O)c1nc(Cl)ccc1Cl)NN=C(c1ccccc1)c1ccccc1. The molecule has 0 saturated carbocycles. The molecule has 0 aliphatic rings. The van der Waals surface area contributed by atoms with Crippen molar-refractivity contribution < 1.29 is 14.3 Å². The Bertz CT molecular complexity index is 1000. The second-order valence-corrected chi connectivity index (χ2v) is 6.56. The van der Waals surface area contributed by atoms with Crippen LogP contribution in [0.2, 0.25) is 10.2 Å². The number of benzene rings is 2. The fraction of sp³-hybridized carbons (Fsp3) is 0.0476. The quantitative estimate of drug-likeness (QED) is 0.277. The summed E-state index contributed by atoms with van der Waals surface area (Å²) in [4.78, 5) is 28.0. The summed E-state index contributed by atoms with van der Waals surface area (Å²) in [6, 6.07) is 21.7. The number of nitrogens with one attached hydrogen (secondary N) is 1. The fourth-order valence-electron chi connectivity index (χ4n) is 2.40. The molecule has 29 heavy (non-hydrogen) atoms. The van der Waals surface area contributed by atoms with Crippen molar-refractivity contribution in [3.63, 3.8) is 0 Å². The van der Waals surface area contributed by atoms with Crippen LogP contribution in [-0.2, 0) is 9.53 Å². The van der Waals surface area contributed by atoms with E-state index in [1.165, 1.54) is 12.1 Å². The first-order valence-corrected chi connectivity index (χ1v) is 9.26. The maximum Gasteiger partial charge on any atom is 0.359 e. The Kier molecular flexibility index (Phi) is 6.94. The highest BCUT2D eigenvalue weighted by Crippen LogP contribution is 2.17. The van der Waals surface area contributed by atoms with Crippen molar-refractivity contribution in [1.29, 1.82) is 0 Å². The normalized spacial score (nSPS) is 10.1. The molecule has 6 nitrogen and oxygen atoms in total. The Labute approximate surface area is 177 Å². The molecule has 0 spiro atoms. The standard InChI is InChI=1S/C21H15Cl2N3O3/c22-16-11-12-17(23)24-20(16)21(28)29-13-18(27)25-26-19(14-7-3-1-4-8-14)15-9-5-2-6-10-15/h1-12H,13H2,(H,25,27). The molecule has 1 N–H and O–H groups in total. The minimum atomic E-state index is -0.858. The number of halogens is 2. The summed E-state index contributed by atoms with van der Waals surface area (Å²) < 4.78 is 4.94. The van der Waals surface area contributed by atoms with Crippen LogP contribution >= 0.6 is 23.2 Å². The smallest absolute Gasteiger partial charge is 0.359 e. The number of esters is 1. The van der Waals surface area contributed by atoms with E-state index in [1.807, 2.05) is 60.7 Å². The zero-order valence-corrected chi connectivity index (χ0v) is 16.5. The second kappa shape index (κ2) is 9.82. The van der Waals surface area contributed by atoms with Crippen LogP contribution in [0.15, 0.2) is 77.9 Å². The van der Waals surface area contributed by atoms with Gasteiger partial charge in [-0.2, -0.15) is 5.10 Å². The van der Waals surface area contributed by atoms with Crippen molar-refractivity contribution in [3.8, 4) is 0 Å². The van der Waals surface area contributed by atoms with E-state index < -0.39 is 18.5 Å². The molecule has 0 aliphatic carbocycles. The number of rotatable bonds is 6. The summed E-state index contributed by atoms with van der Waals surface area (Å²) in [6.45, 7) is -0.552. The number of carbonyl (C=O) groups excluding carboxylic acids is 2. The number of pyridine rings is 1. The van der Waals surface area contributed by atoms with Gasteiger partial charge in [-0.05, 0) is 12.1 Å². The Hall–Kier alpha value is -3.22. The third-order valence-corrected chi connectivity index (χ3v) is 4.24. The molecule has 146 valence electrons.